The zero-order chi connectivity index (χ0) is 19.8. The first-order chi connectivity index (χ1) is 13.5. The van der Waals surface area contributed by atoms with E-state index in [9.17, 15) is 5.11 Å². The van der Waals surface area contributed by atoms with Crippen molar-refractivity contribution in [1.29, 1.82) is 5.26 Å². The van der Waals surface area contributed by atoms with Crippen LogP contribution in [0.4, 0.5) is 5.69 Å². The first-order valence-electron chi connectivity index (χ1n) is 8.85. The number of aromatic nitrogens is 3. The van der Waals surface area contributed by atoms with Crippen LogP contribution in [0.2, 0.25) is 0 Å². The second-order valence-electron chi connectivity index (χ2n) is 6.82. The number of aryl methyl sites for hydroxylation is 1. The molecule has 2 aromatic carbocycles. The highest BCUT2D eigenvalue weighted by Crippen LogP contribution is 2.31. The van der Waals surface area contributed by atoms with Gasteiger partial charge in [-0.1, -0.05) is 24.3 Å². The SMILES string of the molecule is Cc1nc2c(-c3ccc(C#N)cc3)nc(-c3ccc(N(C)C)cc3)cn2c1O. The summed E-state index contributed by atoms with van der Waals surface area (Å²) in [5.74, 6) is 0.0958. The molecule has 0 unspecified atom stereocenters. The molecule has 0 saturated carbocycles. The molecule has 0 aliphatic rings. The highest BCUT2D eigenvalue weighted by atomic mass is 16.3. The van der Waals surface area contributed by atoms with Gasteiger partial charge in [-0.25, -0.2) is 9.97 Å². The minimum absolute atomic E-state index is 0.0958. The lowest BCUT2D eigenvalue weighted by Crippen LogP contribution is -2.08. The third-order valence-electron chi connectivity index (χ3n) is 4.72. The fourth-order valence-corrected chi connectivity index (χ4v) is 3.11. The molecular formula is C22H19N5O. The summed E-state index contributed by atoms with van der Waals surface area (Å²) in [7, 11) is 3.99. The summed E-state index contributed by atoms with van der Waals surface area (Å²) in [5.41, 5.74) is 5.95. The van der Waals surface area contributed by atoms with Crippen LogP contribution in [-0.2, 0) is 0 Å². The van der Waals surface area contributed by atoms with E-state index < -0.39 is 0 Å². The van der Waals surface area contributed by atoms with E-state index >= 15 is 0 Å². The third-order valence-corrected chi connectivity index (χ3v) is 4.72. The quantitative estimate of drug-likeness (QED) is 0.590. The van der Waals surface area contributed by atoms with Crippen molar-refractivity contribution in [3.63, 3.8) is 0 Å². The van der Waals surface area contributed by atoms with E-state index in [2.05, 4.69) is 11.1 Å². The Hall–Kier alpha value is -3.85. The van der Waals surface area contributed by atoms with Gasteiger partial charge in [0.2, 0.25) is 5.88 Å². The van der Waals surface area contributed by atoms with E-state index in [4.69, 9.17) is 10.2 Å². The maximum absolute atomic E-state index is 10.5. The minimum Gasteiger partial charge on any atom is -0.493 e. The van der Waals surface area contributed by atoms with Crippen molar-refractivity contribution in [2.24, 2.45) is 0 Å². The van der Waals surface area contributed by atoms with Gasteiger partial charge in [0.1, 0.15) is 11.4 Å². The lowest BCUT2D eigenvalue weighted by molar-refractivity contribution is 0.444. The maximum atomic E-state index is 10.5. The molecule has 0 radical (unpaired) electrons. The standard InChI is InChI=1S/C22H19N5O/c1-14-22(28)27-13-19(16-8-10-18(11-9-16)26(2)3)25-20(21(27)24-14)17-6-4-15(12-23)5-7-17/h4-11,13,28H,1-3H3. The van der Waals surface area contributed by atoms with E-state index in [1.807, 2.05) is 55.4 Å². The Morgan fingerprint density at radius 1 is 0.964 bits per heavy atom. The van der Waals surface area contributed by atoms with Crippen LogP contribution >= 0.6 is 0 Å². The molecule has 0 aliphatic heterocycles. The van der Waals surface area contributed by atoms with Gasteiger partial charge in [0, 0.05) is 37.1 Å². The van der Waals surface area contributed by atoms with Crippen LogP contribution in [0.1, 0.15) is 11.3 Å². The first-order valence-corrected chi connectivity index (χ1v) is 8.85. The van der Waals surface area contributed by atoms with E-state index in [1.54, 1.807) is 29.7 Å². The molecule has 4 rings (SSSR count). The van der Waals surface area contributed by atoms with Crippen molar-refractivity contribution in [1.82, 2.24) is 14.4 Å². The first kappa shape index (κ1) is 17.6. The predicted molar refractivity (Wildman–Crippen MR) is 109 cm³/mol. The summed E-state index contributed by atoms with van der Waals surface area (Å²) in [6.45, 7) is 1.76. The third kappa shape index (κ3) is 2.93. The van der Waals surface area contributed by atoms with Gasteiger partial charge < -0.3 is 10.0 Å². The molecule has 0 amide bonds. The van der Waals surface area contributed by atoms with Crippen LogP contribution in [0, 0.1) is 18.3 Å². The summed E-state index contributed by atoms with van der Waals surface area (Å²) in [4.78, 5) is 11.4. The molecule has 138 valence electrons. The van der Waals surface area contributed by atoms with Gasteiger partial charge in [-0.15, -0.1) is 0 Å². The summed E-state index contributed by atoms with van der Waals surface area (Å²) < 4.78 is 1.66. The molecule has 0 spiro atoms. The van der Waals surface area contributed by atoms with Gasteiger partial charge in [-0.3, -0.25) is 4.40 Å². The summed E-state index contributed by atoms with van der Waals surface area (Å²) in [5, 5.41) is 19.5. The smallest absolute Gasteiger partial charge is 0.219 e. The van der Waals surface area contributed by atoms with Crippen LogP contribution in [-0.4, -0.2) is 33.6 Å². The molecule has 0 fully saturated rings. The van der Waals surface area contributed by atoms with Crippen LogP contribution in [0.5, 0.6) is 5.88 Å². The van der Waals surface area contributed by atoms with Crippen molar-refractivity contribution < 1.29 is 5.11 Å². The number of hydrogen-bond acceptors (Lipinski definition) is 5. The van der Waals surface area contributed by atoms with E-state index in [0.717, 1.165) is 22.5 Å². The zero-order valence-electron chi connectivity index (χ0n) is 15.9. The molecule has 0 saturated heterocycles. The van der Waals surface area contributed by atoms with Crippen molar-refractivity contribution >= 4 is 11.3 Å². The molecule has 4 aromatic rings. The van der Waals surface area contributed by atoms with Crippen molar-refractivity contribution in [3.05, 3.63) is 66.0 Å². The second-order valence-corrected chi connectivity index (χ2v) is 6.82. The van der Waals surface area contributed by atoms with Crippen LogP contribution in [0.15, 0.2) is 54.7 Å². The molecule has 6 nitrogen and oxygen atoms in total. The number of hydrogen-bond donors (Lipinski definition) is 1. The Balaban J connectivity index is 1.93. The van der Waals surface area contributed by atoms with Crippen LogP contribution in [0.25, 0.3) is 28.2 Å². The van der Waals surface area contributed by atoms with E-state index in [0.29, 0.717) is 22.6 Å². The van der Waals surface area contributed by atoms with Crippen molar-refractivity contribution in [3.8, 4) is 34.5 Å². The van der Waals surface area contributed by atoms with Crippen LogP contribution < -0.4 is 4.90 Å². The molecule has 0 aliphatic carbocycles. The minimum atomic E-state index is 0.0958. The molecular weight excluding hydrogens is 350 g/mol. The highest BCUT2D eigenvalue weighted by Gasteiger charge is 2.16. The number of rotatable bonds is 3. The van der Waals surface area contributed by atoms with Crippen molar-refractivity contribution in [2.75, 3.05) is 19.0 Å². The number of fused-ring (bicyclic) bond motifs is 1. The number of nitriles is 1. The Bertz CT molecular complexity index is 1200. The second kappa shape index (κ2) is 6.71. The Labute approximate surface area is 163 Å². The lowest BCUT2D eigenvalue weighted by atomic mass is 10.1. The van der Waals surface area contributed by atoms with Gasteiger partial charge in [-0.05, 0) is 31.2 Å². The molecule has 1 N–H and O–H groups in total. The molecule has 28 heavy (non-hydrogen) atoms. The average Bonchev–Trinajstić information content (AvgIpc) is 3.01. The Kier molecular flexibility index (Phi) is 4.21. The van der Waals surface area contributed by atoms with Gasteiger partial charge in [0.25, 0.3) is 0 Å². The molecule has 0 atom stereocenters. The largest absolute Gasteiger partial charge is 0.493 e. The lowest BCUT2D eigenvalue weighted by Gasteiger charge is -2.13. The van der Waals surface area contributed by atoms with E-state index in [-0.39, 0.29) is 5.88 Å². The van der Waals surface area contributed by atoms with Crippen LogP contribution in [0.3, 0.4) is 0 Å². The topological polar surface area (TPSA) is 77.5 Å². The number of nitrogens with zero attached hydrogens (tertiary/aromatic N) is 5. The summed E-state index contributed by atoms with van der Waals surface area (Å²) in [6.07, 6.45) is 1.79. The monoisotopic (exact) mass is 369 g/mol. The predicted octanol–water partition coefficient (Wildman–Crippen LogP) is 4.02. The average molecular weight is 369 g/mol. The Morgan fingerprint density at radius 2 is 1.61 bits per heavy atom. The zero-order valence-corrected chi connectivity index (χ0v) is 15.9. The summed E-state index contributed by atoms with van der Waals surface area (Å²) in [6, 6.07) is 17.4. The Morgan fingerprint density at radius 3 is 2.21 bits per heavy atom. The fourth-order valence-electron chi connectivity index (χ4n) is 3.11. The molecule has 0 bridgehead atoms. The van der Waals surface area contributed by atoms with Gasteiger partial charge in [0.05, 0.1) is 17.3 Å². The number of anilines is 1. The fraction of sp³-hybridized carbons (Fsp3) is 0.136. The summed E-state index contributed by atoms with van der Waals surface area (Å²) >= 11 is 0. The number of aromatic hydroxyl groups is 1. The highest BCUT2D eigenvalue weighted by molar-refractivity contribution is 5.78. The van der Waals surface area contributed by atoms with E-state index in [1.165, 1.54) is 0 Å². The maximum Gasteiger partial charge on any atom is 0.219 e. The number of imidazole rings is 1. The van der Waals surface area contributed by atoms with Gasteiger partial charge in [-0.2, -0.15) is 5.26 Å². The van der Waals surface area contributed by atoms with Gasteiger partial charge in [0.15, 0.2) is 5.65 Å². The molecule has 2 heterocycles. The molecule has 2 aromatic heterocycles. The van der Waals surface area contributed by atoms with Crippen molar-refractivity contribution in [2.45, 2.75) is 6.92 Å². The normalized spacial score (nSPS) is 10.8. The number of benzene rings is 2. The van der Waals surface area contributed by atoms with Gasteiger partial charge >= 0.3 is 0 Å². The molecule has 6 heteroatoms.